The molecular weight excluding hydrogens is 318 g/mol. The van der Waals surface area contributed by atoms with E-state index in [0.717, 1.165) is 25.4 Å². The van der Waals surface area contributed by atoms with Crippen molar-refractivity contribution in [2.24, 2.45) is 0 Å². The van der Waals surface area contributed by atoms with Crippen LogP contribution in [0.1, 0.15) is 25.3 Å². The molecule has 0 aromatic heterocycles. The number of fused-ring (bicyclic) bond motifs is 1. The predicted molar refractivity (Wildman–Crippen MR) is 97.0 cm³/mol. The van der Waals surface area contributed by atoms with Crippen LogP contribution in [0, 0.1) is 6.92 Å². The maximum Gasteiger partial charge on any atom is 0.315 e. The molecule has 0 radical (unpaired) electrons. The lowest BCUT2D eigenvalue weighted by Gasteiger charge is -2.35. The Balaban J connectivity index is 1.32. The zero-order chi connectivity index (χ0) is 17.6. The van der Waals surface area contributed by atoms with E-state index in [1.54, 1.807) is 0 Å². The van der Waals surface area contributed by atoms with Crippen LogP contribution in [0.4, 0.5) is 4.79 Å². The van der Waals surface area contributed by atoms with Crippen molar-refractivity contribution in [1.29, 1.82) is 0 Å². The van der Waals surface area contributed by atoms with Gasteiger partial charge in [-0.1, -0.05) is 17.7 Å². The molecule has 2 aliphatic rings. The van der Waals surface area contributed by atoms with E-state index >= 15 is 0 Å². The average molecular weight is 347 g/mol. The van der Waals surface area contributed by atoms with Gasteiger partial charge in [0.1, 0.15) is 12.4 Å². The standard InChI is InChI=1S/C19H29N3O3/c1-14-5-7-17(8-6-14)24-12-15(2)21-19(23)20-10-18-11-22-9-3-4-16(22)13-25-18/h5-8,15-16,18H,3-4,9-13H2,1-2H3,(H2,20,21,23)/t15-,16+,18-/m0/s1. The van der Waals surface area contributed by atoms with Crippen LogP contribution < -0.4 is 15.4 Å². The molecule has 0 aliphatic carbocycles. The number of morpholine rings is 1. The van der Waals surface area contributed by atoms with Gasteiger partial charge in [0.25, 0.3) is 0 Å². The van der Waals surface area contributed by atoms with Crippen molar-refractivity contribution < 1.29 is 14.3 Å². The molecule has 1 aromatic rings. The number of nitrogens with zero attached hydrogens (tertiary/aromatic N) is 1. The van der Waals surface area contributed by atoms with Gasteiger partial charge in [-0.15, -0.1) is 0 Å². The Kier molecular flexibility index (Phi) is 6.15. The van der Waals surface area contributed by atoms with Gasteiger partial charge in [-0.2, -0.15) is 0 Å². The minimum absolute atomic E-state index is 0.0726. The van der Waals surface area contributed by atoms with E-state index in [4.69, 9.17) is 9.47 Å². The fraction of sp³-hybridized carbons (Fsp3) is 0.632. The molecule has 138 valence electrons. The maximum atomic E-state index is 12.0. The van der Waals surface area contributed by atoms with Crippen LogP contribution in [-0.2, 0) is 4.74 Å². The van der Waals surface area contributed by atoms with Crippen LogP contribution in [0.15, 0.2) is 24.3 Å². The van der Waals surface area contributed by atoms with Crippen molar-refractivity contribution in [1.82, 2.24) is 15.5 Å². The topological polar surface area (TPSA) is 62.8 Å². The van der Waals surface area contributed by atoms with Gasteiger partial charge < -0.3 is 20.1 Å². The Morgan fingerprint density at radius 3 is 3.00 bits per heavy atom. The van der Waals surface area contributed by atoms with Crippen molar-refractivity contribution in [2.75, 3.05) is 32.8 Å². The molecule has 2 aliphatic heterocycles. The Labute approximate surface area is 149 Å². The highest BCUT2D eigenvalue weighted by Crippen LogP contribution is 2.22. The van der Waals surface area contributed by atoms with Crippen molar-refractivity contribution in [3.63, 3.8) is 0 Å². The molecule has 2 saturated heterocycles. The Hall–Kier alpha value is -1.79. The number of carbonyl (C=O) groups excluding carboxylic acids is 1. The van der Waals surface area contributed by atoms with Gasteiger partial charge in [0, 0.05) is 19.1 Å². The van der Waals surface area contributed by atoms with E-state index in [2.05, 4.69) is 15.5 Å². The van der Waals surface area contributed by atoms with Gasteiger partial charge in [-0.3, -0.25) is 4.90 Å². The zero-order valence-electron chi connectivity index (χ0n) is 15.2. The summed E-state index contributed by atoms with van der Waals surface area (Å²) < 4.78 is 11.5. The number of urea groups is 1. The second kappa shape index (κ2) is 8.54. The third kappa shape index (κ3) is 5.34. The third-order valence-electron chi connectivity index (χ3n) is 4.85. The molecule has 0 bridgehead atoms. The molecule has 2 heterocycles. The molecule has 2 fully saturated rings. The monoisotopic (exact) mass is 347 g/mol. The Morgan fingerprint density at radius 2 is 2.20 bits per heavy atom. The number of aryl methyl sites for hydroxylation is 1. The van der Waals surface area contributed by atoms with Gasteiger partial charge in [0.05, 0.1) is 18.8 Å². The second-order valence-corrected chi connectivity index (χ2v) is 7.13. The van der Waals surface area contributed by atoms with E-state index in [-0.39, 0.29) is 18.2 Å². The maximum absolute atomic E-state index is 12.0. The lowest BCUT2D eigenvalue weighted by molar-refractivity contribution is -0.0458. The molecule has 6 heteroatoms. The molecule has 6 nitrogen and oxygen atoms in total. The summed E-state index contributed by atoms with van der Waals surface area (Å²) >= 11 is 0. The zero-order valence-corrected chi connectivity index (χ0v) is 15.2. The van der Waals surface area contributed by atoms with Gasteiger partial charge in [-0.05, 0) is 45.4 Å². The van der Waals surface area contributed by atoms with E-state index < -0.39 is 0 Å². The van der Waals surface area contributed by atoms with Crippen molar-refractivity contribution in [2.45, 2.75) is 44.9 Å². The summed E-state index contributed by atoms with van der Waals surface area (Å²) in [6.45, 7) is 7.81. The van der Waals surface area contributed by atoms with Crippen LogP contribution >= 0.6 is 0 Å². The molecule has 0 unspecified atom stereocenters. The van der Waals surface area contributed by atoms with Crippen LogP contribution in [0.5, 0.6) is 5.75 Å². The lowest BCUT2D eigenvalue weighted by atomic mass is 10.2. The molecule has 2 N–H and O–H groups in total. The summed E-state index contributed by atoms with van der Waals surface area (Å²) in [5.74, 6) is 0.815. The molecule has 2 amide bonds. The van der Waals surface area contributed by atoms with Crippen LogP contribution in [-0.4, -0.2) is 62.0 Å². The number of nitrogens with one attached hydrogen (secondary N) is 2. The fourth-order valence-corrected chi connectivity index (χ4v) is 3.39. The Bertz CT molecular complexity index is 564. The first kappa shape index (κ1) is 18.0. The highest BCUT2D eigenvalue weighted by molar-refractivity contribution is 5.74. The SMILES string of the molecule is Cc1ccc(OC[C@H](C)NC(=O)NC[C@H]2CN3CCC[C@@H]3CO2)cc1. The summed E-state index contributed by atoms with van der Waals surface area (Å²) in [4.78, 5) is 14.5. The highest BCUT2D eigenvalue weighted by atomic mass is 16.5. The Morgan fingerprint density at radius 1 is 1.40 bits per heavy atom. The minimum Gasteiger partial charge on any atom is -0.491 e. The summed E-state index contributed by atoms with van der Waals surface area (Å²) in [7, 11) is 0. The summed E-state index contributed by atoms with van der Waals surface area (Å²) in [6, 6.07) is 8.24. The molecule has 3 rings (SSSR count). The van der Waals surface area contributed by atoms with E-state index in [1.165, 1.54) is 18.4 Å². The number of amides is 2. The summed E-state index contributed by atoms with van der Waals surface area (Å²) in [5, 5.41) is 5.81. The molecule has 3 atom stereocenters. The number of benzene rings is 1. The van der Waals surface area contributed by atoms with E-state index in [0.29, 0.717) is 19.2 Å². The molecular formula is C19H29N3O3. The van der Waals surface area contributed by atoms with Gasteiger partial charge in [-0.25, -0.2) is 4.79 Å². The van der Waals surface area contributed by atoms with Gasteiger partial charge in [0.2, 0.25) is 0 Å². The lowest BCUT2D eigenvalue weighted by Crippen LogP contribution is -2.52. The van der Waals surface area contributed by atoms with Crippen molar-refractivity contribution in [3.05, 3.63) is 29.8 Å². The summed E-state index contributed by atoms with van der Waals surface area (Å²) in [5.41, 5.74) is 1.20. The van der Waals surface area contributed by atoms with Crippen LogP contribution in [0.3, 0.4) is 0 Å². The molecule has 1 aromatic carbocycles. The van der Waals surface area contributed by atoms with Gasteiger partial charge >= 0.3 is 6.03 Å². The highest BCUT2D eigenvalue weighted by Gasteiger charge is 2.32. The van der Waals surface area contributed by atoms with Crippen LogP contribution in [0.25, 0.3) is 0 Å². The molecule has 0 saturated carbocycles. The van der Waals surface area contributed by atoms with E-state index in [1.807, 2.05) is 38.1 Å². The first-order valence-corrected chi connectivity index (χ1v) is 9.19. The normalized spacial score (nSPS) is 24.4. The van der Waals surface area contributed by atoms with E-state index in [9.17, 15) is 4.79 Å². The molecule has 0 spiro atoms. The van der Waals surface area contributed by atoms with Crippen molar-refractivity contribution >= 4 is 6.03 Å². The number of hydrogen-bond donors (Lipinski definition) is 2. The number of hydrogen-bond acceptors (Lipinski definition) is 4. The molecule has 25 heavy (non-hydrogen) atoms. The van der Waals surface area contributed by atoms with Crippen molar-refractivity contribution in [3.8, 4) is 5.75 Å². The predicted octanol–water partition coefficient (Wildman–Crippen LogP) is 1.92. The first-order valence-electron chi connectivity index (χ1n) is 9.19. The first-order chi connectivity index (χ1) is 12.1. The number of rotatable bonds is 6. The minimum atomic E-state index is -0.174. The largest absolute Gasteiger partial charge is 0.491 e. The summed E-state index contributed by atoms with van der Waals surface area (Å²) in [6.07, 6.45) is 2.57. The number of ether oxygens (including phenoxy) is 2. The third-order valence-corrected chi connectivity index (χ3v) is 4.85. The smallest absolute Gasteiger partial charge is 0.315 e. The quantitative estimate of drug-likeness (QED) is 0.825. The van der Waals surface area contributed by atoms with Crippen LogP contribution in [0.2, 0.25) is 0 Å². The average Bonchev–Trinajstić information content (AvgIpc) is 3.07. The van der Waals surface area contributed by atoms with Gasteiger partial charge in [0.15, 0.2) is 0 Å². The second-order valence-electron chi connectivity index (χ2n) is 7.13. The number of carbonyl (C=O) groups is 1. The fourth-order valence-electron chi connectivity index (χ4n) is 3.39.